The molecule has 0 nitrogen and oxygen atoms in total. The van der Waals surface area contributed by atoms with Crippen molar-refractivity contribution >= 4 is 11.6 Å². The molecule has 2 rings (SSSR count). The molecular weight excluding hydrogens is 192 g/mol. The summed E-state index contributed by atoms with van der Waals surface area (Å²) in [5.41, 5.74) is 0.959. The molecule has 1 aliphatic carbocycles. The fourth-order valence-corrected chi connectivity index (χ4v) is 2.00. The molecule has 1 aromatic rings. The molecule has 1 fully saturated rings. The minimum atomic E-state index is 0.603. The highest BCUT2D eigenvalue weighted by Gasteiger charge is 2.11. The highest BCUT2D eigenvalue weighted by molar-refractivity contribution is 6.31. The monoisotopic (exact) mass is 204 g/mol. The molecule has 0 heterocycles. The minimum absolute atomic E-state index is 0.603. The fraction of sp³-hybridized carbons (Fsp3) is 0.385. The molecule has 1 aliphatic rings. The van der Waals surface area contributed by atoms with E-state index in [2.05, 4.69) is 11.8 Å². The Labute approximate surface area is 90.3 Å². The minimum Gasteiger partial charge on any atom is -0.0944 e. The van der Waals surface area contributed by atoms with Gasteiger partial charge in [0.15, 0.2) is 0 Å². The third kappa shape index (κ3) is 2.30. The van der Waals surface area contributed by atoms with Crippen LogP contribution in [-0.4, -0.2) is 0 Å². The van der Waals surface area contributed by atoms with Gasteiger partial charge >= 0.3 is 0 Å². The SMILES string of the molecule is Clc1ccccc1C#CC1CCCC1. The Balaban J connectivity index is 2.12. The van der Waals surface area contributed by atoms with Crippen molar-refractivity contribution in [1.29, 1.82) is 0 Å². The van der Waals surface area contributed by atoms with Gasteiger partial charge in [-0.15, -0.1) is 0 Å². The molecule has 0 bridgehead atoms. The lowest BCUT2D eigenvalue weighted by Crippen LogP contribution is -1.86. The predicted molar refractivity (Wildman–Crippen MR) is 60.3 cm³/mol. The maximum atomic E-state index is 6.01. The second-order valence-corrected chi connectivity index (χ2v) is 4.14. The number of hydrogen-bond donors (Lipinski definition) is 0. The topological polar surface area (TPSA) is 0 Å². The number of benzene rings is 1. The van der Waals surface area contributed by atoms with E-state index in [-0.39, 0.29) is 0 Å². The Morgan fingerprint density at radius 3 is 2.57 bits per heavy atom. The molecule has 1 heteroatoms. The van der Waals surface area contributed by atoms with Crippen LogP contribution in [0.5, 0.6) is 0 Å². The van der Waals surface area contributed by atoms with Gasteiger partial charge < -0.3 is 0 Å². The average Bonchev–Trinajstić information content (AvgIpc) is 2.69. The highest BCUT2D eigenvalue weighted by atomic mass is 35.5. The summed E-state index contributed by atoms with van der Waals surface area (Å²) < 4.78 is 0. The zero-order valence-electron chi connectivity index (χ0n) is 8.09. The molecule has 0 atom stereocenters. The van der Waals surface area contributed by atoms with Crippen molar-refractivity contribution in [2.24, 2.45) is 5.92 Å². The molecular formula is C13H13Cl. The first-order valence-corrected chi connectivity index (χ1v) is 5.50. The predicted octanol–water partition coefficient (Wildman–Crippen LogP) is 3.88. The second kappa shape index (κ2) is 4.53. The quantitative estimate of drug-likeness (QED) is 0.563. The van der Waals surface area contributed by atoms with E-state index in [4.69, 9.17) is 11.6 Å². The van der Waals surface area contributed by atoms with Gasteiger partial charge in [0.25, 0.3) is 0 Å². The first-order valence-electron chi connectivity index (χ1n) is 5.12. The summed E-state index contributed by atoms with van der Waals surface area (Å²) in [5, 5.41) is 0.762. The van der Waals surface area contributed by atoms with Gasteiger partial charge in [-0.25, -0.2) is 0 Å². The van der Waals surface area contributed by atoms with Crippen molar-refractivity contribution in [2.75, 3.05) is 0 Å². The van der Waals surface area contributed by atoms with E-state index >= 15 is 0 Å². The Kier molecular flexibility index (Phi) is 3.11. The summed E-state index contributed by atoms with van der Waals surface area (Å²) in [5.74, 6) is 7.08. The molecule has 0 saturated heterocycles. The average molecular weight is 205 g/mol. The molecule has 0 amide bonds. The van der Waals surface area contributed by atoms with E-state index in [0.717, 1.165) is 10.6 Å². The van der Waals surface area contributed by atoms with Crippen molar-refractivity contribution < 1.29 is 0 Å². The summed E-state index contributed by atoms with van der Waals surface area (Å²) in [7, 11) is 0. The summed E-state index contributed by atoms with van der Waals surface area (Å²) in [6.07, 6.45) is 5.19. The van der Waals surface area contributed by atoms with Gasteiger partial charge in [-0.3, -0.25) is 0 Å². The van der Waals surface area contributed by atoms with Crippen molar-refractivity contribution in [1.82, 2.24) is 0 Å². The van der Waals surface area contributed by atoms with E-state index in [1.807, 2.05) is 24.3 Å². The van der Waals surface area contributed by atoms with Crippen LogP contribution in [0.15, 0.2) is 24.3 Å². The van der Waals surface area contributed by atoms with Crippen molar-refractivity contribution in [3.8, 4) is 11.8 Å². The van der Waals surface area contributed by atoms with Crippen molar-refractivity contribution in [2.45, 2.75) is 25.7 Å². The molecule has 0 N–H and O–H groups in total. The first kappa shape index (κ1) is 9.62. The van der Waals surface area contributed by atoms with Gasteiger partial charge in [0, 0.05) is 11.5 Å². The maximum Gasteiger partial charge on any atom is 0.0562 e. The van der Waals surface area contributed by atoms with Gasteiger partial charge in [0.1, 0.15) is 0 Å². The van der Waals surface area contributed by atoms with Crippen LogP contribution < -0.4 is 0 Å². The highest BCUT2D eigenvalue weighted by Crippen LogP contribution is 2.24. The lowest BCUT2D eigenvalue weighted by Gasteiger charge is -1.96. The van der Waals surface area contributed by atoms with Crippen LogP contribution in [0.2, 0.25) is 5.02 Å². The van der Waals surface area contributed by atoms with E-state index in [1.165, 1.54) is 25.7 Å². The molecule has 1 saturated carbocycles. The van der Waals surface area contributed by atoms with Crippen LogP contribution in [0.4, 0.5) is 0 Å². The fourth-order valence-electron chi connectivity index (χ4n) is 1.81. The van der Waals surface area contributed by atoms with E-state index in [1.54, 1.807) is 0 Å². The molecule has 0 radical (unpaired) electrons. The molecule has 0 spiro atoms. The lowest BCUT2D eigenvalue weighted by atomic mass is 10.1. The van der Waals surface area contributed by atoms with Gasteiger partial charge in [-0.1, -0.05) is 48.4 Å². The van der Waals surface area contributed by atoms with Crippen LogP contribution in [0.3, 0.4) is 0 Å². The van der Waals surface area contributed by atoms with Crippen LogP contribution >= 0.6 is 11.6 Å². The molecule has 0 aliphatic heterocycles. The largest absolute Gasteiger partial charge is 0.0944 e. The van der Waals surface area contributed by atoms with Gasteiger partial charge in [-0.2, -0.15) is 0 Å². The summed E-state index contributed by atoms with van der Waals surface area (Å²) in [6.45, 7) is 0. The number of hydrogen-bond acceptors (Lipinski definition) is 0. The smallest absolute Gasteiger partial charge is 0.0562 e. The normalized spacial score (nSPS) is 16.4. The second-order valence-electron chi connectivity index (χ2n) is 3.73. The zero-order valence-corrected chi connectivity index (χ0v) is 8.85. The molecule has 0 aromatic heterocycles. The standard InChI is InChI=1S/C13H13Cl/c14-13-8-4-3-7-12(13)10-9-11-5-1-2-6-11/h3-4,7-8,11H,1-2,5-6H2. The van der Waals surface area contributed by atoms with Crippen LogP contribution in [0.1, 0.15) is 31.2 Å². The molecule has 72 valence electrons. The van der Waals surface area contributed by atoms with E-state index in [0.29, 0.717) is 5.92 Å². The summed E-state index contributed by atoms with van der Waals surface area (Å²) in [4.78, 5) is 0. The Morgan fingerprint density at radius 2 is 1.86 bits per heavy atom. The summed E-state index contributed by atoms with van der Waals surface area (Å²) in [6, 6.07) is 7.78. The van der Waals surface area contributed by atoms with Gasteiger partial charge in [0.2, 0.25) is 0 Å². The van der Waals surface area contributed by atoms with Gasteiger partial charge in [-0.05, 0) is 25.0 Å². The van der Waals surface area contributed by atoms with E-state index < -0.39 is 0 Å². The van der Waals surface area contributed by atoms with Crippen LogP contribution in [-0.2, 0) is 0 Å². The summed E-state index contributed by atoms with van der Waals surface area (Å²) >= 11 is 6.01. The van der Waals surface area contributed by atoms with Gasteiger partial charge in [0.05, 0.1) is 5.02 Å². The van der Waals surface area contributed by atoms with Crippen LogP contribution in [0.25, 0.3) is 0 Å². The maximum absolute atomic E-state index is 6.01. The number of rotatable bonds is 0. The van der Waals surface area contributed by atoms with E-state index in [9.17, 15) is 0 Å². The van der Waals surface area contributed by atoms with Crippen molar-refractivity contribution in [3.05, 3.63) is 34.9 Å². The zero-order chi connectivity index (χ0) is 9.80. The Bertz CT molecular complexity index is 364. The number of halogens is 1. The first-order chi connectivity index (χ1) is 6.86. The third-order valence-corrected chi connectivity index (χ3v) is 2.97. The van der Waals surface area contributed by atoms with Crippen molar-refractivity contribution in [3.63, 3.8) is 0 Å². The third-order valence-electron chi connectivity index (χ3n) is 2.64. The van der Waals surface area contributed by atoms with Crippen LogP contribution in [0, 0.1) is 17.8 Å². The Hall–Kier alpha value is -0.930. The molecule has 0 unspecified atom stereocenters. The Morgan fingerprint density at radius 1 is 1.14 bits per heavy atom. The molecule has 14 heavy (non-hydrogen) atoms. The molecule has 1 aromatic carbocycles. The lowest BCUT2D eigenvalue weighted by molar-refractivity contribution is 0.712.